The van der Waals surface area contributed by atoms with Crippen LogP contribution in [0.4, 0.5) is 11.9 Å². The Labute approximate surface area is 128 Å². The Morgan fingerprint density at radius 2 is 2.14 bits per heavy atom. The molecule has 0 saturated carbocycles. The number of thiophene rings is 1. The minimum absolute atomic E-state index is 0.130. The molecule has 3 N–H and O–H groups in total. The lowest BCUT2D eigenvalue weighted by Crippen LogP contribution is -2.18. The fourth-order valence-corrected chi connectivity index (χ4v) is 2.82. The number of rotatable bonds is 7. The van der Waals surface area contributed by atoms with Crippen molar-refractivity contribution in [2.45, 2.75) is 33.2 Å². The highest BCUT2D eigenvalue weighted by Gasteiger charge is 2.18. The number of hydrogen-bond acceptors (Lipinski definition) is 7. The number of nitrogens with two attached hydrogens (primary N) is 1. The molecular weight excluding hydrogens is 286 g/mol. The van der Waals surface area contributed by atoms with Crippen LogP contribution in [-0.4, -0.2) is 21.6 Å². The summed E-state index contributed by atoms with van der Waals surface area (Å²) in [6.45, 7) is 6.88. The van der Waals surface area contributed by atoms with Crippen LogP contribution < -0.4 is 15.8 Å². The maximum Gasteiger partial charge on any atom is 0.323 e. The molecular formula is C14H21N5OS. The zero-order valence-electron chi connectivity index (χ0n) is 12.5. The third kappa shape index (κ3) is 4.29. The first-order valence-electron chi connectivity index (χ1n) is 7.04. The van der Waals surface area contributed by atoms with Crippen molar-refractivity contribution in [1.82, 2.24) is 15.0 Å². The van der Waals surface area contributed by atoms with E-state index in [1.165, 1.54) is 4.88 Å². The minimum atomic E-state index is 0.130. The summed E-state index contributed by atoms with van der Waals surface area (Å²) in [4.78, 5) is 13.6. The molecule has 2 rings (SSSR count). The number of nitrogens with zero attached hydrogens (tertiary/aromatic N) is 3. The fraction of sp³-hybridized carbons (Fsp3) is 0.500. The van der Waals surface area contributed by atoms with E-state index in [0.29, 0.717) is 18.5 Å². The highest BCUT2D eigenvalue weighted by Crippen LogP contribution is 2.29. The van der Waals surface area contributed by atoms with Gasteiger partial charge in [0.05, 0.1) is 12.6 Å². The van der Waals surface area contributed by atoms with Gasteiger partial charge in [-0.25, -0.2) is 0 Å². The van der Waals surface area contributed by atoms with E-state index in [1.54, 1.807) is 11.3 Å². The molecule has 0 spiro atoms. The van der Waals surface area contributed by atoms with E-state index in [0.717, 1.165) is 6.42 Å². The molecule has 0 saturated heterocycles. The molecule has 0 amide bonds. The first-order chi connectivity index (χ1) is 10.1. The fourth-order valence-electron chi connectivity index (χ4n) is 1.87. The van der Waals surface area contributed by atoms with Crippen LogP contribution in [0.1, 0.15) is 38.1 Å². The predicted molar refractivity (Wildman–Crippen MR) is 85.5 cm³/mol. The number of ether oxygens (including phenoxy) is 1. The highest BCUT2D eigenvalue weighted by molar-refractivity contribution is 7.10. The number of anilines is 2. The number of aromatic nitrogens is 3. The van der Waals surface area contributed by atoms with Gasteiger partial charge in [-0.1, -0.05) is 26.8 Å². The van der Waals surface area contributed by atoms with Gasteiger partial charge in [0.25, 0.3) is 0 Å². The molecule has 6 nitrogen and oxygen atoms in total. The molecule has 7 heteroatoms. The molecule has 0 radical (unpaired) electrons. The van der Waals surface area contributed by atoms with E-state index in [4.69, 9.17) is 10.5 Å². The lowest BCUT2D eigenvalue weighted by atomic mass is 10.0. The van der Waals surface area contributed by atoms with Crippen LogP contribution >= 0.6 is 11.3 Å². The van der Waals surface area contributed by atoms with E-state index in [9.17, 15) is 0 Å². The van der Waals surface area contributed by atoms with Crippen LogP contribution in [0.5, 0.6) is 6.01 Å². The second-order valence-electron chi connectivity index (χ2n) is 5.03. The van der Waals surface area contributed by atoms with Gasteiger partial charge in [-0.2, -0.15) is 15.0 Å². The van der Waals surface area contributed by atoms with Crippen molar-refractivity contribution in [1.29, 1.82) is 0 Å². The lowest BCUT2D eigenvalue weighted by molar-refractivity contribution is 0.292. The molecule has 2 aromatic rings. The van der Waals surface area contributed by atoms with Crippen molar-refractivity contribution < 1.29 is 4.74 Å². The Bertz CT molecular complexity index is 558. The molecule has 0 aliphatic carbocycles. The predicted octanol–water partition coefficient (Wildman–Crippen LogP) is 3.11. The van der Waals surface area contributed by atoms with Crippen molar-refractivity contribution in [3.05, 3.63) is 22.4 Å². The Morgan fingerprint density at radius 1 is 1.33 bits per heavy atom. The maximum absolute atomic E-state index is 5.72. The monoisotopic (exact) mass is 307 g/mol. The quantitative estimate of drug-likeness (QED) is 0.817. The Kier molecular flexibility index (Phi) is 5.32. The molecule has 2 aromatic heterocycles. The van der Waals surface area contributed by atoms with Gasteiger partial charge in [-0.3, -0.25) is 0 Å². The maximum atomic E-state index is 5.72. The lowest BCUT2D eigenvalue weighted by Gasteiger charge is -2.21. The Morgan fingerprint density at radius 3 is 2.76 bits per heavy atom. The summed E-state index contributed by atoms with van der Waals surface area (Å²) in [7, 11) is 0. The average Bonchev–Trinajstić information content (AvgIpc) is 2.95. The van der Waals surface area contributed by atoms with E-state index in [1.807, 2.05) is 13.0 Å². The van der Waals surface area contributed by atoms with Gasteiger partial charge in [-0.15, -0.1) is 11.3 Å². The van der Waals surface area contributed by atoms with E-state index >= 15 is 0 Å². The van der Waals surface area contributed by atoms with Gasteiger partial charge in [-0.05, 0) is 23.8 Å². The zero-order chi connectivity index (χ0) is 15.2. The van der Waals surface area contributed by atoms with E-state index in [2.05, 4.69) is 45.6 Å². The smallest absolute Gasteiger partial charge is 0.323 e. The van der Waals surface area contributed by atoms with Gasteiger partial charge in [0.2, 0.25) is 11.9 Å². The Hall–Kier alpha value is -1.89. The third-order valence-corrected chi connectivity index (χ3v) is 3.82. The molecule has 0 aromatic carbocycles. The van der Waals surface area contributed by atoms with Crippen molar-refractivity contribution >= 4 is 23.2 Å². The van der Waals surface area contributed by atoms with Crippen molar-refractivity contribution in [2.75, 3.05) is 17.7 Å². The summed E-state index contributed by atoms with van der Waals surface area (Å²) in [5.74, 6) is 0.995. The number of nitrogens with one attached hydrogen (secondary N) is 1. The molecule has 114 valence electrons. The van der Waals surface area contributed by atoms with Crippen LogP contribution in [-0.2, 0) is 0 Å². The van der Waals surface area contributed by atoms with Crippen LogP contribution in [0.15, 0.2) is 17.5 Å². The summed E-state index contributed by atoms with van der Waals surface area (Å²) >= 11 is 1.70. The second-order valence-corrected chi connectivity index (χ2v) is 6.01. The Balaban J connectivity index is 2.18. The van der Waals surface area contributed by atoms with Gasteiger partial charge >= 0.3 is 6.01 Å². The highest BCUT2D eigenvalue weighted by atomic mass is 32.1. The van der Waals surface area contributed by atoms with Crippen LogP contribution in [0.3, 0.4) is 0 Å². The molecule has 21 heavy (non-hydrogen) atoms. The summed E-state index contributed by atoms with van der Waals surface area (Å²) in [5.41, 5.74) is 5.72. The molecule has 2 heterocycles. The van der Waals surface area contributed by atoms with Crippen molar-refractivity contribution in [3.63, 3.8) is 0 Å². The topological polar surface area (TPSA) is 86.0 Å². The van der Waals surface area contributed by atoms with Gasteiger partial charge in [0, 0.05) is 4.88 Å². The summed E-state index contributed by atoms with van der Waals surface area (Å²) in [6.07, 6.45) is 0.887. The molecule has 0 aliphatic rings. The third-order valence-electron chi connectivity index (χ3n) is 2.87. The summed E-state index contributed by atoms with van der Waals surface area (Å²) in [6, 6.07) is 4.53. The first kappa shape index (κ1) is 15.5. The zero-order valence-corrected chi connectivity index (χ0v) is 13.4. The standard InChI is InChI=1S/C14H21N5OS/c1-4-7-20-14-18-12(15)17-13(19-14)16-11(9(2)3)10-6-5-8-21-10/h5-6,8-9,11H,4,7H2,1-3H3,(H3,15,16,17,18,19). The van der Waals surface area contributed by atoms with Crippen molar-refractivity contribution in [3.8, 4) is 6.01 Å². The van der Waals surface area contributed by atoms with E-state index in [-0.39, 0.29) is 18.0 Å². The molecule has 1 atom stereocenters. The molecule has 0 aliphatic heterocycles. The minimum Gasteiger partial charge on any atom is -0.463 e. The van der Waals surface area contributed by atoms with E-state index < -0.39 is 0 Å². The number of nitrogen functional groups attached to an aromatic ring is 1. The first-order valence-corrected chi connectivity index (χ1v) is 7.92. The van der Waals surface area contributed by atoms with Crippen LogP contribution in [0.2, 0.25) is 0 Å². The largest absolute Gasteiger partial charge is 0.463 e. The van der Waals surface area contributed by atoms with Gasteiger partial charge in [0.15, 0.2) is 0 Å². The van der Waals surface area contributed by atoms with Gasteiger partial charge in [0.1, 0.15) is 0 Å². The van der Waals surface area contributed by atoms with Crippen LogP contribution in [0, 0.1) is 5.92 Å². The van der Waals surface area contributed by atoms with Crippen LogP contribution in [0.25, 0.3) is 0 Å². The molecule has 0 fully saturated rings. The van der Waals surface area contributed by atoms with Gasteiger partial charge < -0.3 is 15.8 Å². The summed E-state index contributed by atoms with van der Waals surface area (Å²) in [5, 5.41) is 5.39. The average molecular weight is 307 g/mol. The molecule has 0 bridgehead atoms. The number of hydrogen-bond donors (Lipinski definition) is 2. The SMILES string of the molecule is CCCOc1nc(N)nc(NC(c2cccs2)C(C)C)n1. The normalized spacial score (nSPS) is 12.4. The molecule has 1 unspecified atom stereocenters. The summed E-state index contributed by atoms with van der Waals surface area (Å²) < 4.78 is 5.43. The second kappa shape index (κ2) is 7.21. The van der Waals surface area contributed by atoms with Crippen molar-refractivity contribution in [2.24, 2.45) is 5.92 Å².